The maximum Gasteiger partial charge on any atom is 0.338 e. The minimum Gasteiger partial charge on any atom is -0.462 e. The van der Waals surface area contributed by atoms with Gasteiger partial charge in [0, 0.05) is 12.6 Å². The predicted molar refractivity (Wildman–Crippen MR) is 102 cm³/mol. The Kier molecular flexibility index (Phi) is 4.90. The van der Waals surface area contributed by atoms with Crippen LogP contribution in [0.5, 0.6) is 11.5 Å². The van der Waals surface area contributed by atoms with E-state index in [0.717, 1.165) is 10.5 Å². The smallest absolute Gasteiger partial charge is 0.338 e. The maximum atomic E-state index is 12.7. The minimum atomic E-state index is -0.459. The summed E-state index contributed by atoms with van der Waals surface area (Å²) in [6.45, 7) is 2.52. The van der Waals surface area contributed by atoms with Crippen LogP contribution in [0.25, 0.3) is 0 Å². The molecule has 0 radical (unpaired) electrons. The van der Waals surface area contributed by atoms with Gasteiger partial charge in [0.2, 0.25) is 6.79 Å². The Morgan fingerprint density at radius 3 is 2.62 bits per heavy atom. The van der Waals surface area contributed by atoms with Gasteiger partial charge in [-0.1, -0.05) is 6.07 Å². The molecule has 0 fully saturated rings. The molecule has 0 saturated carbocycles. The second-order valence-corrected chi connectivity index (χ2v) is 6.35. The van der Waals surface area contributed by atoms with Crippen LogP contribution in [0.1, 0.15) is 22.8 Å². The normalized spacial score (nSPS) is 14.8. The van der Waals surface area contributed by atoms with E-state index >= 15 is 0 Å². The zero-order chi connectivity index (χ0) is 20.4. The summed E-state index contributed by atoms with van der Waals surface area (Å²) in [5, 5.41) is 2.99. The molecule has 1 N–H and O–H groups in total. The number of nitrogens with zero attached hydrogens (tertiary/aromatic N) is 1. The first-order chi connectivity index (χ1) is 14.1. The Hall–Kier alpha value is -3.81. The molecule has 0 atom stereocenters. The van der Waals surface area contributed by atoms with E-state index in [0.29, 0.717) is 29.3 Å². The number of anilines is 1. The van der Waals surface area contributed by atoms with Gasteiger partial charge >= 0.3 is 5.97 Å². The highest BCUT2D eigenvalue weighted by atomic mass is 16.7. The molecule has 0 bridgehead atoms. The highest BCUT2D eigenvalue weighted by Crippen LogP contribution is 2.32. The van der Waals surface area contributed by atoms with Gasteiger partial charge in [-0.2, -0.15) is 0 Å². The van der Waals surface area contributed by atoms with E-state index in [4.69, 9.17) is 14.2 Å². The van der Waals surface area contributed by atoms with E-state index < -0.39 is 17.8 Å². The number of ether oxygens (including phenoxy) is 3. The molecular formula is C21H18N2O6. The number of amides is 2. The molecule has 2 aliphatic rings. The van der Waals surface area contributed by atoms with E-state index in [1.165, 1.54) is 30.3 Å². The Labute approximate surface area is 166 Å². The summed E-state index contributed by atoms with van der Waals surface area (Å²) < 4.78 is 15.5. The minimum absolute atomic E-state index is 0.189. The Balaban J connectivity index is 1.43. The average Bonchev–Trinajstić information content (AvgIpc) is 3.30. The molecule has 2 heterocycles. The Morgan fingerprint density at radius 2 is 1.86 bits per heavy atom. The molecule has 2 amide bonds. The summed E-state index contributed by atoms with van der Waals surface area (Å²) in [6.07, 6.45) is 1.26. The first-order valence-corrected chi connectivity index (χ1v) is 9.06. The summed E-state index contributed by atoms with van der Waals surface area (Å²) in [5.41, 5.74) is 1.81. The summed E-state index contributed by atoms with van der Waals surface area (Å²) in [6, 6.07) is 11.6. The zero-order valence-corrected chi connectivity index (χ0v) is 15.6. The number of fused-ring (bicyclic) bond motifs is 1. The molecular weight excluding hydrogens is 376 g/mol. The SMILES string of the molecule is CCOC(=O)c1ccc(N2C(=O)C=C(NCc3ccc4c(c3)OCO4)C2=O)cc1. The predicted octanol–water partition coefficient (Wildman–Crippen LogP) is 2.14. The molecule has 2 aromatic rings. The van der Waals surface area contributed by atoms with Crippen LogP contribution in [0.3, 0.4) is 0 Å². The molecule has 2 aromatic carbocycles. The zero-order valence-electron chi connectivity index (χ0n) is 15.6. The topological polar surface area (TPSA) is 94.2 Å². The first kappa shape index (κ1) is 18.5. The lowest BCUT2D eigenvalue weighted by Gasteiger charge is -2.15. The van der Waals surface area contributed by atoms with Gasteiger partial charge in [0.15, 0.2) is 11.5 Å². The van der Waals surface area contributed by atoms with Crippen molar-refractivity contribution in [2.24, 2.45) is 0 Å². The van der Waals surface area contributed by atoms with Crippen molar-refractivity contribution in [2.45, 2.75) is 13.5 Å². The number of rotatable bonds is 6. The number of nitrogens with one attached hydrogen (secondary N) is 1. The van der Waals surface area contributed by atoms with Crippen LogP contribution >= 0.6 is 0 Å². The fraction of sp³-hybridized carbons (Fsp3) is 0.190. The molecule has 0 aliphatic carbocycles. The molecule has 2 aliphatic heterocycles. The summed E-state index contributed by atoms with van der Waals surface area (Å²) in [7, 11) is 0. The van der Waals surface area contributed by atoms with Crippen molar-refractivity contribution >= 4 is 23.5 Å². The van der Waals surface area contributed by atoms with Gasteiger partial charge in [-0.15, -0.1) is 0 Å². The van der Waals surface area contributed by atoms with Crippen molar-refractivity contribution in [2.75, 3.05) is 18.3 Å². The number of hydrogen-bond acceptors (Lipinski definition) is 7. The lowest BCUT2D eigenvalue weighted by atomic mass is 10.2. The summed E-state index contributed by atoms with van der Waals surface area (Å²) >= 11 is 0. The number of imide groups is 1. The van der Waals surface area contributed by atoms with Crippen molar-refractivity contribution in [1.82, 2.24) is 5.32 Å². The molecule has 148 valence electrons. The fourth-order valence-corrected chi connectivity index (χ4v) is 3.05. The van der Waals surface area contributed by atoms with Gasteiger partial charge in [-0.25, -0.2) is 9.69 Å². The van der Waals surface area contributed by atoms with Crippen LogP contribution in [-0.4, -0.2) is 31.2 Å². The number of carbonyl (C=O) groups excluding carboxylic acids is 3. The third-order valence-electron chi connectivity index (χ3n) is 4.48. The third kappa shape index (κ3) is 3.64. The first-order valence-electron chi connectivity index (χ1n) is 9.06. The number of benzene rings is 2. The molecule has 4 rings (SSSR count). The van der Waals surface area contributed by atoms with Crippen molar-refractivity contribution in [3.8, 4) is 11.5 Å². The highest BCUT2D eigenvalue weighted by Gasteiger charge is 2.32. The van der Waals surface area contributed by atoms with Crippen LogP contribution in [-0.2, 0) is 20.9 Å². The largest absolute Gasteiger partial charge is 0.462 e. The molecule has 0 saturated heterocycles. The van der Waals surface area contributed by atoms with E-state index in [9.17, 15) is 14.4 Å². The molecule has 0 unspecified atom stereocenters. The third-order valence-corrected chi connectivity index (χ3v) is 4.48. The Morgan fingerprint density at radius 1 is 1.10 bits per heavy atom. The molecule has 8 heteroatoms. The number of carbonyl (C=O) groups is 3. The highest BCUT2D eigenvalue weighted by molar-refractivity contribution is 6.30. The van der Waals surface area contributed by atoms with Crippen LogP contribution in [0.15, 0.2) is 54.2 Å². The van der Waals surface area contributed by atoms with E-state index in [-0.39, 0.29) is 19.1 Å². The van der Waals surface area contributed by atoms with Crippen molar-refractivity contribution in [1.29, 1.82) is 0 Å². The number of esters is 1. The second kappa shape index (κ2) is 7.67. The lowest BCUT2D eigenvalue weighted by molar-refractivity contribution is -0.120. The quantitative estimate of drug-likeness (QED) is 0.593. The van der Waals surface area contributed by atoms with Crippen molar-refractivity contribution < 1.29 is 28.6 Å². The van der Waals surface area contributed by atoms with Crippen LogP contribution in [0.4, 0.5) is 5.69 Å². The Bertz CT molecular complexity index is 1010. The molecule has 8 nitrogen and oxygen atoms in total. The van der Waals surface area contributed by atoms with Crippen LogP contribution in [0, 0.1) is 0 Å². The molecule has 29 heavy (non-hydrogen) atoms. The van der Waals surface area contributed by atoms with Gasteiger partial charge in [-0.3, -0.25) is 9.59 Å². The lowest BCUT2D eigenvalue weighted by Crippen LogP contribution is -2.33. The molecule has 0 aromatic heterocycles. The standard InChI is InChI=1S/C21H18N2O6/c1-2-27-21(26)14-4-6-15(7-5-14)23-19(24)10-16(20(23)25)22-11-13-3-8-17-18(9-13)29-12-28-17/h3-10,22H,2,11-12H2,1H3. The van der Waals surface area contributed by atoms with Crippen molar-refractivity contribution in [3.05, 3.63) is 65.4 Å². The number of hydrogen-bond donors (Lipinski definition) is 1. The van der Waals surface area contributed by atoms with Gasteiger partial charge in [0.25, 0.3) is 11.8 Å². The van der Waals surface area contributed by atoms with Gasteiger partial charge in [0.05, 0.1) is 17.9 Å². The van der Waals surface area contributed by atoms with Crippen LogP contribution < -0.4 is 19.7 Å². The summed E-state index contributed by atoms with van der Waals surface area (Å²) in [4.78, 5) is 37.8. The van der Waals surface area contributed by atoms with Gasteiger partial charge < -0.3 is 19.5 Å². The second-order valence-electron chi connectivity index (χ2n) is 6.35. The monoisotopic (exact) mass is 394 g/mol. The molecule has 0 spiro atoms. The van der Waals surface area contributed by atoms with E-state index in [1.807, 2.05) is 12.1 Å². The van der Waals surface area contributed by atoms with Crippen LogP contribution in [0.2, 0.25) is 0 Å². The summed E-state index contributed by atoms with van der Waals surface area (Å²) in [5.74, 6) is -0.0398. The fourth-order valence-electron chi connectivity index (χ4n) is 3.05. The van der Waals surface area contributed by atoms with Gasteiger partial charge in [0.1, 0.15) is 5.70 Å². The van der Waals surface area contributed by atoms with E-state index in [2.05, 4.69) is 5.32 Å². The van der Waals surface area contributed by atoms with Gasteiger partial charge in [-0.05, 0) is 48.9 Å². The van der Waals surface area contributed by atoms with E-state index in [1.54, 1.807) is 13.0 Å². The maximum absolute atomic E-state index is 12.7. The average molecular weight is 394 g/mol. The van der Waals surface area contributed by atoms with Crippen molar-refractivity contribution in [3.63, 3.8) is 0 Å².